The summed E-state index contributed by atoms with van der Waals surface area (Å²) >= 11 is 0. The molecule has 0 aliphatic carbocycles. The summed E-state index contributed by atoms with van der Waals surface area (Å²) in [5.41, 5.74) is 0. The molecule has 0 spiro atoms. The van der Waals surface area contributed by atoms with Gasteiger partial charge in [-0.15, -0.1) is 0 Å². The molecule has 3 aliphatic heterocycles. The Kier molecular flexibility index (Phi) is 6.91. The Morgan fingerprint density at radius 2 is 0.909 bits per heavy atom. The molecule has 0 unspecified atom stereocenters. The van der Waals surface area contributed by atoms with Gasteiger partial charge in [-0.2, -0.15) is 0 Å². The zero-order valence-electron chi connectivity index (χ0n) is 13.2. The Labute approximate surface area is 132 Å². The summed E-state index contributed by atoms with van der Waals surface area (Å²) in [5.74, 6) is 0. The standard InChI is InChI=1S/C16H28O6/c1-3-13-15(19-5-1)11-17-8-10-22-14-4-2-6-20-16(14)12-18-7-9-21-13/h13-16H,1-12H2/t13-,14-,15-,16-/m1/s1. The van der Waals surface area contributed by atoms with E-state index in [1.807, 2.05) is 0 Å². The molecule has 0 amide bonds. The molecule has 6 nitrogen and oxygen atoms in total. The number of hydrogen-bond acceptors (Lipinski definition) is 6. The minimum Gasteiger partial charge on any atom is -0.376 e. The van der Waals surface area contributed by atoms with E-state index in [1.54, 1.807) is 0 Å². The van der Waals surface area contributed by atoms with Gasteiger partial charge in [0.05, 0.1) is 51.8 Å². The van der Waals surface area contributed by atoms with Crippen molar-refractivity contribution in [3.63, 3.8) is 0 Å². The molecule has 3 aliphatic rings. The van der Waals surface area contributed by atoms with Crippen LogP contribution in [0.5, 0.6) is 0 Å². The fraction of sp³-hybridized carbons (Fsp3) is 1.00. The van der Waals surface area contributed by atoms with Crippen molar-refractivity contribution in [1.82, 2.24) is 0 Å². The van der Waals surface area contributed by atoms with E-state index in [4.69, 9.17) is 28.4 Å². The summed E-state index contributed by atoms with van der Waals surface area (Å²) in [6, 6.07) is 0. The van der Waals surface area contributed by atoms with E-state index in [9.17, 15) is 0 Å². The van der Waals surface area contributed by atoms with Crippen molar-refractivity contribution in [2.24, 2.45) is 0 Å². The van der Waals surface area contributed by atoms with Crippen molar-refractivity contribution in [2.45, 2.75) is 50.1 Å². The first kappa shape index (κ1) is 16.6. The van der Waals surface area contributed by atoms with Gasteiger partial charge in [0.15, 0.2) is 0 Å². The maximum atomic E-state index is 5.92. The molecule has 0 aromatic heterocycles. The molecule has 22 heavy (non-hydrogen) atoms. The average Bonchev–Trinajstić information content (AvgIpc) is 2.56. The predicted molar refractivity (Wildman–Crippen MR) is 79.1 cm³/mol. The summed E-state index contributed by atoms with van der Waals surface area (Å²) in [7, 11) is 0. The summed E-state index contributed by atoms with van der Waals surface area (Å²) in [6.45, 7) is 5.06. The van der Waals surface area contributed by atoms with E-state index in [-0.39, 0.29) is 24.4 Å². The molecule has 3 saturated heterocycles. The second kappa shape index (κ2) is 9.15. The highest BCUT2D eigenvalue weighted by Crippen LogP contribution is 2.20. The molecule has 3 fully saturated rings. The first-order chi connectivity index (χ1) is 10.9. The molecule has 0 N–H and O–H groups in total. The van der Waals surface area contributed by atoms with Crippen molar-refractivity contribution in [2.75, 3.05) is 52.9 Å². The highest BCUT2D eigenvalue weighted by Gasteiger charge is 2.29. The Hall–Kier alpha value is -0.240. The number of fused-ring (bicyclic) bond motifs is 2. The van der Waals surface area contributed by atoms with Crippen molar-refractivity contribution in [1.29, 1.82) is 0 Å². The van der Waals surface area contributed by atoms with Gasteiger partial charge in [-0.05, 0) is 25.7 Å². The van der Waals surface area contributed by atoms with Crippen LogP contribution in [0.4, 0.5) is 0 Å². The van der Waals surface area contributed by atoms with Gasteiger partial charge in [0.1, 0.15) is 12.2 Å². The molecular formula is C16H28O6. The van der Waals surface area contributed by atoms with Gasteiger partial charge >= 0.3 is 0 Å². The average molecular weight is 316 g/mol. The van der Waals surface area contributed by atoms with E-state index < -0.39 is 0 Å². The van der Waals surface area contributed by atoms with E-state index >= 15 is 0 Å². The topological polar surface area (TPSA) is 55.4 Å². The number of ether oxygens (including phenoxy) is 6. The van der Waals surface area contributed by atoms with Crippen LogP contribution in [0.25, 0.3) is 0 Å². The zero-order valence-corrected chi connectivity index (χ0v) is 13.2. The zero-order chi connectivity index (χ0) is 15.0. The Balaban J connectivity index is 1.50. The number of rotatable bonds is 0. The largest absolute Gasteiger partial charge is 0.376 e. The number of hydrogen-bond donors (Lipinski definition) is 0. The normalized spacial score (nSPS) is 39.3. The lowest BCUT2D eigenvalue weighted by Crippen LogP contribution is -2.42. The van der Waals surface area contributed by atoms with Gasteiger partial charge in [0.25, 0.3) is 0 Å². The van der Waals surface area contributed by atoms with Crippen LogP contribution in [0, 0.1) is 0 Å². The van der Waals surface area contributed by atoms with Gasteiger partial charge < -0.3 is 28.4 Å². The van der Waals surface area contributed by atoms with Crippen molar-refractivity contribution in [3.05, 3.63) is 0 Å². The molecule has 3 rings (SSSR count). The Morgan fingerprint density at radius 3 is 1.41 bits per heavy atom. The highest BCUT2D eigenvalue weighted by molar-refractivity contribution is 4.77. The lowest BCUT2D eigenvalue weighted by atomic mass is 10.1. The third-order valence-corrected chi connectivity index (χ3v) is 4.44. The molecule has 4 atom stereocenters. The van der Waals surface area contributed by atoms with Gasteiger partial charge in [-0.3, -0.25) is 0 Å². The molecule has 0 aromatic rings. The third-order valence-electron chi connectivity index (χ3n) is 4.44. The lowest BCUT2D eigenvalue weighted by Gasteiger charge is -2.33. The van der Waals surface area contributed by atoms with Crippen LogP contribution in [0.15, 0.2) is 0 Å². The van der Waals surface area contributed by atoms with E-state index in [2.05, 4.69) is 0 Å². The summed E-state index contributed by atoms with van der Waals surface area (Å²) < 4.78 is 34.9. The summed E-state index contributed by atoms with van der Waals surface area (Å²) in [4.78, 5) is 0. The van der Waals surface area contributed by atoms with Crippen LogP contribution in [0.1, 0.15) is 25.7 Å². The molecular weight excluding hydrogens is 288 g/mol. The first-order valence-electron chi connectivity index (χ1n) is 8.55. The van der Waals surface area contributed by atoms with Crippen LogP contribution in [-0.4, -0.2) is 77.3 Å². The monoisotopic (exact) mass is 316 g/mol. The molecule has 128 valence electrons. The quantitative estimate of drug-likeness (QED) is 0.668. The molecule has 0 saturated carbocycles. The van der Waals surface area contributed by atoms with Gasteiger partial charge in [-0.25, -0.2) is 0 Å². The SMILES string of the molecule is C1CO[C@@H]2COCCO[C@@H]3CCCO[C@@H]3COCCO[C@@H]2C1. The second-order valence-corrected chi connectivity index (χ2v) is 6.07. The maximum absolute atomic E-state index is 5.92. The van der Waals surface area contributed by atoms with Gasteiger partial charge in [0, 0.05) is 13.2 Å². The Morgan fingerprint density at radius 1 is 0.455 bits per heavy atom. The molecule has 0 aromatic carbocycles. The van der Waals surface area contributed by atoms with E-state index in [1.165, 1.54) is 0 Å². The van der Waals surface area contributed by atoms with E-state index in [0.717, 1.165) is 38.9 Å². The first-order valence-corrected chi connectivity index (χ1v) is 8.55. The van der Waals surface area contributed by atoms with Gasteiger partial charge in [-0.1, -0.05) is 0 Å². The third kappa shape index (κ3) is 4.88. The van der Waals surface area contributed by atoms with Crippen molar-refractivity contribution >= 4 is 0 Å². The van der Waals surface area contributed by atoms with Crippen LogP contribution in [-0.2, 0) is 28.4 Å². The van der Waals surface area contributed by atoms with Crippen molar-refractivity contribution in [3.8, 4) is 0 Å². The van der Waals surface area contributed by atoms with Crippen LogP contribution in [0.2, 0.25) is 0 Å². The molecule has 0 radical (unpaired) electrons. The highest BCUT2D eigenvalue weighted by atomic mass is 16.6. The Bertz CT molecular complexity index is 255. The summed E-state index contributed by atoms with van der Waals surface area (Å²) in [6.07, 6.45) is 4.42. The predicted octanol–water partition coefficient (Wildman–Crippen LogP) is 1.16. The lowest BCUT2D eigenvalue weighted by molar-refractivity contribution is -0.164. The molecule has 0 bridgehead atoms. The van der Waals surface area contributed by atoms with Crippen LogP contribution in [0.3, 0.4) is 0 Å². The fourth-order valence-corrected chi connectivity index (χ4v) is 3.23. The molecule has 3 heterocycles. The van der Waals surface area contributed by atoms with Crippen LogP contribution < -0.4 is 0 Å². The minimum atomic E-state index is 0.0300. The van der Waals surface area contributed by atoms with Gasteiger partial charge in [0.2, 0.25) is 0 Å². The van der Waals surface area contributed by atoms with Crippen LogP contribution >= 0.6 is 0 Å². The minimum absolute atomic E-state index is 0.0300. The van der Waals surface area contributed by atoms with Crippen molar-refractivity contribution < 1.29 is 28.4 Å². The van der Waals surface area contributed by atoms with E-state index in [0.29, 0.717) is 39.6 Å². The summed E-state index contributed by atoms with van der Waals surface area (Å²) in [5, 5.41) is 0. The maximum Gasteiger partial charge on any atom is 0.107 e. The fourth-order valence-electron chi connectivity index (χ4n) is 3.23. The second-order valence-electron chi connectivity index (χ2n) is 6.07. The molecule has 6 heteroatoms. The smallest absolute Gasteiger partial charge is 0.107 e.